The van der Waals surface area contributed by atoms with Crippen LogP contribution >= 0.6 is 15.9 Å². The van der Waals surface area contributed by atoms with Crippen LogP contribution in [0.4, 0.5) is 5.69 Å². The minimum absolute atomic E-state index is 0.0653. The van der Waals surface area contributed by atoms with E-state index in [4.69, 9.17) is 0 Å². The van der Waals surface area contributed by atoms with Crippen molar-refractivity contribution in [2.75, 3.05) is 17.4 Å². The van der Waals surface area contributed by atoms with Gasteiger partial charge in [-0.05, 0) is 61.4 Å². The quantitative estimate of drug-likeness (QED) is 0.213. The van der Waals surface area contributed by atoms with Crippen LogP contribution < -0.4 is 9.62 Å². The van der Waals surface area contributed by atoms with E-state index < -0.39 is 28.5 Å². The van der Waals surface area contributed by atoms with Gasteiger partial charge < -0.3 is 10.2 Å². The first-order valence-corrected chi connectivity index (χ1v) is 15.9. The molecule has 0 fully saturated rings. The number of sulfonamides is 1. The van der Waals surface area contributed by atoms with Gasteiger partial charge in [-0.1, -0.05) is 94.3 Å². The lowest BCUT2D eigenvalue weighted by Gasteiger charge is -2.34. The lowest BCUT2D eigenvalue weighted by Crippen LogP contribution is -2.53. The van der Waals surface area contributed by atoms with Crippen LogP contribution in [0.1, 0.15) is 23.6 Å². The highest BCUT2D eigenvalue weighted by Gasteiger charge is 2.34. The molecule has 0 radical (unpaired) electrons. The average Bonchev–Trinajstić information content (AvgIpc) is 2.99. The third-order valence-electron chi connectivity index (χ3n) is 6.78. The molecule has 0 bridgehead atoms. The van der Waals surface area contributed by atoms with E-state index in [0.29, 0.717) is 12.2 Å². The molecule has 2 amide bonds. The van der Waals surface area contributed by atoms with Crippen molar-refractivity contribution in [3.8, 4) is 0 Å². The van der Waals surface area contributed by atoms with Gasteiger partial charge in [0.25, 0.3) is 10.0 Å². The Morgan fingerprint density at radius 1 is 0.833 bits per heavy atom. The molecular formula is C33H34BrN3O4S. The van der Waals surface area contributed by atoms with Gasteiger partial charge in [0.05, 0.1) is 10.6 Å². The maximum absolute atomic E-state index is 14.3. The first-order chi connectivity index (χ1) is 20.2. The van der Waals surface area contributed by atoms with Gasteiger partial charge in [-0.3, -0.25) is 13.9 Å². The van der Waals surface area contributed by atoms with Gasteiger partial charge in [-0.2, -0.15) is 0 Å². The van der Waals surface area contributed by atoms with Crippen LogP contribution in [0.5, 0.6) is 0 Å². The van der Waals surface area contributed by atoms with Gasteiger partial charge in [0.15, 0.2) is 0 Å². The van der Waals surface area contributed by atoms with Crippen molar-refractivity contribution in [1.82, 2.24) is 10.2 Å². The number of aryl methyl sites for hydroxylation is 1. The molecule has 1 atom stereocenters. The number of hydrogen-bond donors (Lipinski definition) is 1. The van der Waals surface area contributed by atoms with Crippen molar-refractivity contribution in [2.24, 2.45) is 0 Å². The molecule has 0 saturated heterocycles. The van der Waals surface area contributed by atoms with Crippen LogP contribution in [0.3, 0.4) is 0 Å². The molecule has 4 rings (SSSR count). The minimum atomic E-state index is -4.12. The fraction of sp³-hybridized carbons (Fsp3) is 0.212. The van der Waals surface area contributed by atoms with Gasteiger partial charge >= 0.3 is 0 Å². The summed E-state index contributed by atoms with van der Waals surface area (Å²) < 4.78 is 29.8. The molecule has 0 saturated carbocycles. The average molecular weight is 649 g/mol. The molecule has 42 heavy (non-hydrogen) atoms. The number of benzene rings is 4. The zero-order valence-corrected chi connectivity index (χ0v) is 26.0. The van der Waals surface area contributed by atoms with E-state index in [1.807, 2.05) is 68.4 Å². The van der Waals surface area contributed by atoms with E-state index in [2.05, 4.69) is 21.2 Å². The number of halogens is 1. The number of amides is 2. The number of nitrogens with one attached hydrogen (secondary N) is 1. The summed E-state index contributed by atoms with van der Waals surface area (Å²) in [5.41, 5.74) is 3.08. The Morgan fingerprint density at radius 2 is 1.45 bits per heavy atom. The summed E-state index contributed by atoms with van der Waals surface area (Å²) in [5.74, 6) is -0.797. The smallest absolute Gasteiger partial charge is 0.264 e. The number of carbonyl (C=O) groups excluding carboxylic acids is 2. The fourth-order valence-corrected chi connectivity index (χ4v) is 6.41. The Labute approximate surface area is 256 Å². The van der Waals surface area contributed by atoms with E-state index in [9.17, 15) is 18.0 Å². The first kappa shape index (κ1) is 31.0. The summed E-state index contributed by atoms with van der Waals surface area (Å²) in [7, 11) is -4.12. The van der Waals surface area contributed by atoms with Gasteiger partial charge in [-0.25, -0.2) is 8.42 Å². The second-order valence-corrected chi connectivity index (χ2v) is 12.7. The summed E-state index contributed by atoms with van der Waals surface area (Å²) in [6.45, 7) is 3.82. The molecule has 218 valence electrons. The predicted molar refractivity (Wildman–Crippen MR) is 169 cm³/mol. The number of carbonyl (C=O) groups is 2. The lowest BCUT2D eigenvalue weighted by molar-refractivity contribution is -0.140. The maximum Gasteiger partial charge on any atom is 0.264 e. The number of likely N-dealkylation sites (N-methyl/N-ethyl adjacent to an activating group) is 1. The van der Waals surface area contributed by atoms with Crippen molar-refractivity contribution >= 4 is 43.5 Å². The van der Waals surface area contributed by atoms with Crippen LogP contribution in [0.15, 0.2) is 119 Å². The van der Waals surface area contributed by atoms with Crippen molar-refractivity contribution < 1.29 is 18.0 Å². The summed E-state index contributed by atoms with van der Waals surface area (Å²) >= 11 is 3.40. The summed E-state index contributed by atoms with van der Waals surface area (Å²) in [6, 6.07) is 31.1. The van der Waals surface area contributed by atoms with E-state index in [1.54, 1.807) is 42.5 Å². The second-order valence-electron chi connectivity index (χ2n) is 9.91. The molecule has 9 heteroatoms. The maximum atomic E-state index is 14.3. The molecule has 7 nitrogen and oxygen atoms in total. The third kappa shape index (κ3) is 7.86. The zero-order chi connectivity index (χ0) is 30.1. The highest BCUT2D eigenvalue weighted by molar-refractivity contribution is 9.10. The summed E-state index contributed by atoms with van der Waals surface area (Å²) in [4.78, 5) is 29.4. The molecule has 0 aliphatic rings. The largest absolute Gasteiger partial charge is 0.355 e. The first-order valence-electron chi connectivity index (χ1n) is 13.7. The van der Waals surface area contributed by atoms with Gasteiger partial charge in [0.2, 0.25) is 11.8 Å². The van der Waals surface area contributed by atoms with Crippen molar-refractivity contribution in [2.45, 2.75) is 37.8 Å². The Kier molecular flexibility index (Phi) is 10.5. The monoisotopic (exact) mass is 647 g/mol. The molecule has 4 aromatic rings. The van der Waals surface area contributed by atoms with Gasteiger partial charge in [-0.15, -0.1) is 0 Å². The summed E-state index contributed by atoms with van der Waals surface area (Å²) in [6.07, 6.45) is 0.272. The standard InChI is InChI=1S/C33H34BrN3O4S/c1-3-35-33(39)31(22-26-12-6-4-7-13-26)36(23-27-14-10-11-25(2)21-27)32(38)24-37(29-19-17-28(34)18-20-29)42(40,41)30-15-8-5-9-16-30/h4-21,31H,3,22-24H2,1-2H3,(H,35,39)/t31-/m0/s1. The van der Waals surface area contributed by atoms with Gasteiger partial charge in [0, 0.05) is 24.0 Å². The predicted octanol–water partition coefficient (Wildman–Crippen LogP) is 5.73. The zero-order valence-electron chi connectivity index (χ0n) is 23.6. The van der Waals surface area contributed by atoms with Crippen molar-refractivity contribution in [1.29, 1.82) is 0 Å². The molecule has 0 aromatic heterocycles. The van der Waals surface area contributed by atoms with Crippen LogP contribution in [-0.4, -0.2) is 44.3 Å². The normalized spacial score (nSPS) is 11.9. The Balaban J connectivity index is 1.78. The second kappa shape index (κ2) is 14.3. The highest BCUT2D eigenvalue weighted by atomic mass is 79.9. The Morgan fingerprint density at radius 3 is 2.07 bits per heavy atom. The molecule has 0 unspecified atom stereocenters. The Bertz CT molecular complexity index is 1600. The topological polar surface area (TPSA) is 86.8 Å². The van der Waals surface area contributed by atoms with E-state index in [-0.39, 0.29) is 23.8 Å². The molecule has 0 heterocycles. The van der Waals surface area contributed by atoms with Crippen LogP contribution in [0, 0.1) is 6.92 Å². The summed E-state index contributed by atoms with van der Waals surface area (Å²) in [5, 5.41) is 2.88. The number of hydrogen-bond acceptors (Lipinski definition) is 4. The molecular weight excluding hydrogens is 614 g/mol. The SMILES string of the molecule is CCNC(=O)[C@H](Cc1ccccc1)N(Cc1cccc(C)c1)C(=O)CN(c1ccc(Br)cc1)S(=O)(=O)c1ccccc1. The molecule has 0 aliphatic carbocycles. The van der Waals surface area contributed by atoms with Crippen molar-refractivity contribution in [3.63, 3.8) is 0 Å². The molecule has 4 aromatic carbocycles. The lowest BCUT2D eigenvalue weighted by atomic mass is 10.0. The van der Waals surface area contributed by atoms with Crippen molar-refractivity contribution in [3.05, 3.63) is 130 Å². The van der Waals surface area contributed by atoms with Gasteiger partial charge in [0.1, 0.15) is 12.6 Å². The number of rotatable bonds is 12. The van der Waals surface area contributed by atoms with E-state index in [0.717, 1.165) is 25.5 Å². The van der Waals surface area contributed by atoms with E-state index in [1.165, 1.54) is 17.0 Å². The molecule has 0 aliphatic heterocycles. The van der Waals surface area contributed by atoms with Crippen LogP contribution in [0.2, 0.25) is 0 Å². The number of anilines is 1. The van der Waals surface area contributed by atoms with E-state index >= 15 is 0 Å². The fourth-order valence-electron chi connectivity index (χ4n) is 4.71. The molecule has 1 N–H and O–H groups in total. The molecule has 0 spiro atoms. The number of nitrogens with zero attached hydrogens (tertiary/aromatic N) is 2. The van der Waals surface area contributed by atoms with Crippen LogP contribution in [0.25, 0.3) is 0 Å². The Hall–Kier alpha value is -3.95. The van der Waals surface area contributed by atoms with Crippen LogP contribution in [-0.2, 0) is 32.6 Å². The highest BCUT2D eigenvalue weighted by Crippen LogP contribution is 2.26. The third-order valence-corrected chi connectivity index (χ3v) is 9.10. The minimum Gasteiger partial charge on any atom is -0.355 e.